The fourth-order valence-electron chi connectivity index (χ4n) is 1.55. The molecule has 0 radical (unpaired) electrons. The Kier molecular flexibility index (Phi) is 2.06. The Hall–Kier alpha value is -1.31. The van der Waals surface area contributed by atoms with Crippen LogP contribution in [0.25, 0.3) is 5.52 Å². The second kappa shape index (κ2) is 3.12. The van der Waals surface area contributed by atoms with Gasteiger partial charge in [-0.05, 0) is 35.6 Å². The van der Waals surface area contributed by atoms with Crippen molar-refractivity contribution in [3.8, 4) is 0 Å². The van der Waals surface area contributed by atoms with Crippen molar-refractivity contribution < 1.29 is 0 Å². The highest BCUT2D eigenvalue weighted by atomic mass is 15.2. The average Bonchev–Trinajstić information content (AvgIpc) is 2.64. The monoisotopic (exact) mass is 188 g/mol. The Morgan fingerprint density at radius 1 is 1.36 bits per heavy atom. The van der Waals surface area contributed by atoms with Crippen molar-refractivity contribution in [1.29, 1.82) is 0 Å². The van der Waals surface area contributed by atoms with Gasteiger partial charge < -0.3 is 0 Å². The molecule has 0 fully saturated rings. The number of hydrogen-bond acceptors (Lipinski definition) is 1. The molecule has 0 spiro atoms. The maximum Gasteiger partial charge on any atom is 0.0664 e. The topological polar surface area (TPSA) is 17.3 Å². The summed E-state index contributed by atoms with van der Waals surface area (Å²) in [5.74, 6) is 0. The van der Waals surface area contributed by atoms with E-state index in [9.17, 15) is 0 Å². The van der Waals surface area contributed by atoms with E-state index in [1.54, 1.807) is 0 Å². The van der Waals surface area contributed by atoms with Crippen LogP contribution in [0.5, 0.6) is 0 Å². The van der Waals surface area contributed by atoms with Crippen molar-refractivity contribution in [3.63, 3.8) is 0 Å². The fraction of sp³-hybridized carbons (Fsp3) is 0.417. The van der Waals surface area contributed by atoms with E-state index in [1.807, 2.05) is 23.0 Å². The van der Waals surface area contributed by atoms with Gasteiger partial charge in [-0.1, -0.05) is 20.8 Å². The van der Waals surface area contributed by atoms with E-state index in [0.29, 0.717) is 0 Å². The largest absolute Gasteiger partial charge is 0.241 e. The van der Waals surface area contributed by atoms with E-state index >= 15 is 0 Å². The third-order valence-corrected chi connectivity index (χ3v) is 3.06. The molecule has 74 valence electrons. The summed E-state index contributed by atoms with van der Waals surface area (Å²) in [7, 11) is 0. The van der Waals surface area contributed by atoms with E-state index in [0.717, 1.165) is 6.42 Å². The first-order valence-electron chi connectivity index (χ1n) is 5.07. The lowest BCUT2D eigenvalue weighted by atomic mass is 9.83. The third-order valence-electron chi connectivity index (χ3n) is 3.06. The lowest BCUT2D eigenvalue weighted by Crippen LogP contribution is -2.15. The molecule has 0 aliphatic rings. The molecule has 2 nitrogen and oxygen atoms in total. The van der Waals surface area contributed by atoms with Gasteiger partial charge in [0.05, 0.1) is 5.52 Å². The molecule has 14 heavy (non-hydrogen) atoms. The van der Waals surface area contributed by atoms with Gasteiger partial charge in [0.2, 0.25) is 0 Å². The van der Waals surface area contributed by atoms with Crippen LogP contribution in [0.1, 0.15) is 32.8 Å². The molecule has 0 bridgehead atoms. The Labute approximate surface area is 84.6 Å². The molecule has 0 N–H and O–H groups in total. The lowest BCUT2D eigenvalue weighted by Gasteiger charge is -2.23. The normalized spacial score (nSPS) is 12.2. The van der Waals surface area contributed by atoms with Gasteiger partial charge in [0, 0.05) is 12.4 Å². The van der Waals surface area contributed by atoms with Gasteiger partial charge in [0.25, 0.3) is 0 Å². The summed E-state index contributed by atoms with van der Waals surface area (Å²) in [6.45, 7) is 6.77. The molecule has 2 heterocycles. The SMILES string of the molecule is CCC(C)(C)c1ccn2nccc2c1. The average molecular weight is 188 g/mol. The first kappa shape index (κ1) is 9.25. The summed E-state index contributed by atoms with van der Waals surface area (Å²) >= 11 is 0. The molecule has 0 atom stereocenters. The molecule has 0 saturated heterocycles. The molecular weight excluding hydrogens is 172 g/mol. The van der Waals surface area contributed by atoms with Gasteiger partial charge in [-0.25, -0.2) is 4.52 Å². The second-order valence-electron chi connectivity index (χ2n) is 4.35. The molecule has 2 heteroatoms. The molecule has 0 aliphatic carbocycles. The summed E-state index contributed by atoms with van der Waals surface area (Å²) < 4.78 is 1.90. The number of pyridine rings is 1. The summed E-state index contributed by atoms with van der Waals surface area (Å²) in [6.07, 6.45) is 5.01. The van der Waals surface area contributed by atoms with Crippen LogP contribution in [0.3, 0.4) is 0 Å². The molecule has 2 aromatic rings. The highest BCUT2D eigenvalue weighted by molar-refractivity contribution is 5.48. The first-order chi connectivity index (χ1) is 6.63. The van der Waals surface area contributed by atoms with Crippen LogP contribution in [0.2, 0.25) is 0 Å². The van der Waals surface area contributed by atoms with Crippen molar-refractivity contribution in [1.82, 2.24) is 9.61 Å². The highest BCUT2D eigenvalue weighted by Crippen LogP contribution is 2.27. The van der Waals surface area contributed by atoms with Gasteiger partial charge in [-0.15, -0.1) is 0 Å². The van der Waals surface area contributed by atoms with Crippen molar-refractivity contribution in [2.75, 3.05) is 0 Å². The Bertz CT molecular complexity index is 440. The minimum atomic E-state index is 0.256. The van der Waals surface area contributed by atoms with Crippen LogP contribution in [0.4, 0.5) is 0 Å². The lowest BCUT2D eigenvalue weighted by molar-refractivity contribution is 0.506. The number of hydrogen-bond donors (Lipinski definition) is 0. The van der Waals surface area contributed by atoms with Crippen LogP contribution in [0.15, 0.2) is 30.6 Å². The van der Waals surface area contributed by atoms with Crippen molar-refractivity contribution in [2.45, 2.75) is 32.6 Å². The van der Waals surface area contributed by atoms with E-state index < -0.39 is 0 Å². The highest BCUT2D eigenvalue weighted by Gasteiger charge is 2.17. The van der Waals surface area contributed by atoms with Gasteiger partial charge >= 0.3 is 0 Å². The zero-order valence-corrected chi connectivity index (χ0v) is 8.99. The minimum absolute atomic E-state index is 0.256. The maximum absolute atomic E-state index is 4.18. The van der Waals surface area contributed by atoms with Crippen molar-refractivity contribution >= 4 is 5.52 Å². The van der Waals surface area contributed by atoms with Gasteiger partial charge in [0.1, 0.15) is 0 Å². The first-order valence-corrected chi connectivity index (χ1v) is 5.07. The van der Waals surface area contributed by atoms with E-state index in [4.69, 9.17) is 0 Å². The number of rotatable bonds is 2. The molecule has 2 aromatic heterocycles. The van der Waals surface area contributed by atoms with E-state index in [-0.39, 0.29) is 5.41 Å². The predicted octanol–water partition coefficient (Wildman–Crippen LogP) is 3.02. The van der Waals surface area contributed by atoms with Crippen LogP contribution in [-0.2, 0) is 5.41 Å². The van der Waals surface area contributed by atoms with Crippen LogP contribution < -0.4 is 0 Å². The van der Waals surface area contributed by atoms with Gasteiger partial charge in [0.15, 0.2) is 0 Å². The Balaban J connectivity index is 2.53. The van der Waals surface area contributed by atoms with Gasteiger partial charge in [-0.2, -0.15) is 5.10 Å². The number of fused-ring (bicyclic) bond motifs is 1. The molecule has 2 rings (SSSR count). The standard InChI is InChI=1S/C12H16N2/c1-4-12(2,3)10-6-8-14-11(9-10)5-7-13-14/h5-9H,4H2,1-3H3. The predicted molar refractivity (Wildman–Crippen MR) is 58.5 cm³/mol. The molecule has 0 amide bonds. The zero-order chi connectivity index (χ0) is 10.2. The Morgan fingerprint density at radius 3 is 2.86 bits per heavy atom. The summed E-state index contributed by atoms with van der Waals surface area (Å²) in [4.78, 5) is 0. The molecule has 0 aliphatic heterocycles. The second-order valence-corrected chi connectivity index (χ2v) is 4.35. The summed E-state index contributed by atoms with van der Waals surface area (Å²) in [5, 5.41) is 4.18. The van der Waals surface area contributed by atoms with E-state index in [2.05, 4.69) is 38.0 Å². The number of nitrogens with zero attached hydrogens (tertiary/aromatic N) is 2. The third kappa shape index (κ3) is 1.41. The van der Waals surface area contributed by atoms with Crippen LogP contribution in [0, 0.1) is 0 Å². The smallest absolute Gasteiger partial charge is 0.0664 e. The summed E-state index contributed by atoms with van der Waals surface area (Å²) in [6, 6.07) is 6.41. The molecule has 0 aromatic carbocycles. The van der Waals surface area contributed by atoms with Crippen molar-refractivity contribution in [2.24, 2.45) is 0 Å². The fourth-order valence-corrected chi connectivity index (χ4v) is 1.55. The van der Waals surface area contributed by atoms with Crippen LogP contribution in [-0.4, -0.2) is 9.61 Å². The molecule has 0 saturated carbocycles. The zero-order valence-electron chi connectivity index (χ0n) is 8.99. The summed E-state index contributed by atoms with van der Waals surface area (Å²) in [5.41, 5.74) is 2.81. The maximum atomic E-state index is 4.18. The quantitative estimate of drug-likeness (QED) is 0.708. The molecule has 0 unspecified atom stereocenters. The Morgan fingerprint density at radius 2 is 2.14 bits per heavy atom. The van der Waals surface area contributed by atoms with Gasteiger partial charge in [-0.3, -0.25) is 0 Å². The molecular formula is C12H16N2. The van der Waals surface area contributed by atoms with Crippen molar-refractivity contribution in [3.05, 3.63) is 36.2 Å². The van der Waals surface area contributed by atoms with E-state index in [1.165, 1.54) is 11.1 Å². The van der Waals surface area contributed by atoms with Crippen LogP contribution >= 0.6 is 0 Å². The minimum Gasteiger partial charge on any atom is -0.241 e. The number of aromatic nitrogens is 2.